The average Bonchev–Trinajstić information content (AvgIpc) is 2.34. The van der Waals surface area contributed by atoms with E-state index in [1.54, 1.807) is 7.11 Å². The third kappa shape index (κ3) is 4.59. The van der Waals surface area contributed by atoms with Crippen molar-refractivity contribution in [3.8, 4) is 0 Å². The van der Waals surface area contributed by atoms with E-state index in [1.807, 2.05) is 18.2 Å². The minimum Gasteiger partial charge on any atom is -0.392 e. The lowest BCUT2D eigenvalue weighted by Gasteiger charge is -2.28. The van der Waals surface area contributed by atoms with Gasteiger partial charge < -0.3 is 14.7 Å². The highest BCUT2D eigenvalue weighted by Gasteiger charge is 2.12. The Morgan fingerprint density at radius 1 is 1.39 bits per heavy atom. The van der Waals surface area contributed by atoms with Gasteiger partial charge in [-0.15, -0.1) is 0 Å². The molecule has 0 unspecified atom stereocenters. The van der Waals surface area contributed by atoms with Crippen molar-refractivity contribution in [2.45, 2.75) is 20.5 Å². The molecule has 0 saturated heterocycles. The number of benzene rings is 1. The number of ether oxygens (including phenoxy) is 1. The van der Waals surface area contributed by atoms with Gasteiger partial charge in [-0.2, -0.15) is 0 Å². The first-order chi connectivity index (χ1) is 8.58. The summed E-state index contributed by atoms with van der Waals surface area (Å²) in [5, 5.41) is 9.47. The summed E-state index contributed by atoms with van der Waals surface area (Å²) in [5.74, 6) is 0.567. The predicted molar refractivity (Wildman–Crippen MR) is 79.0 cm³/mol. The van der Waals surface area contributed by atoms with Gasteiger partial charge in [0.1, 0.15) is 0 Å². The molecule has 0 amide bonds. The van der Waals surface area contributed by atoms with Crippen molar-refractivity contribution in [1.29, 1.82) is 0 Å². The number of methoxy groups -OCH3 is 1. The Hall–Kier alpha value is -0.580. The van der Waals surface area contributed by atoms with Crippen molar-refractivity contribution >= 4 is 21.6 Å². The monoisotopic (exact) mass is 315 g/mol. The summed E-state index contributed by atoms with van der Waals surface area (Å²) in [7, 11) is 1.71. The number of hydrogen-bond donors (Lipinski definition) is 1. The van der Waals surface area contributed by atoms with Crippen LogP contribution in [0, 0.1) is 5.92 Å². The molecule has 3 nitrogen and oxygen atoms in total. The van der Waals surface area contributed by atoms with E-state index in [0.29, 0.717) is 12.5 Å². The lowest BCUT2D eigenvalue weighted by atomic mass is 10.1. The second kappa shape index (κ2) is 7.77. The fourth-order valence-electron chi connectivity index (χ4n) is 1.94. The van der Waals surface area contributed by atoms with E-state index >= 15 is 0 Å². The number of nitrogens with zero attached hydrogens (tertiary/aromatic N) is 1. The Morgan fingerprint density at radius 2 is 2.11 bits per heavy atom. The van der Waals surface area contributed by atoms with Crippen LogP contribution in [0.25, 0.3) is 0 Å². The number of halogens is 1. The van der Waals surface area contributed by atoms with Crippen LogP contribution in [0.1, 0.15) is 19.4 Å². The van der Waals surface area contributed by atoms with Crippen LogP contribution in [0.3, 0.4) is 0 Å². The molecule has 18 heavy (non-hydrogen) atoms. The van der Waals surface area contributed by atoms with E-state index in [1.165, 1.54) is 0 Å². The van der Waals surface area contributed by atoms with Crippen LogP contribution in [0.2, 0.25) is 0 Å². The summed E-state index contributed by atoms with van der Waals surface area (Å²) in [6.45, 7) is 6.92. The number of anilines is 1. The normalized spacial score (nSPS) is 11.0. The van der Waals surface area contributed by atoms with Crippen LogP contribution in [-0.2, 0) is 11.3 Å². The molecule has 1 N–H and O–H groups in total. The Labute approximate surface area is 118 Å². The number of aliphatic hydroxyl groups excluding tert-OH is 1. The standard InChI is InChI=1S/C14H22BrNO2/c1-11(2)9-16(6-7-18-3)14-5-4-13(15)8-12(14)10-17/h4-5,8,11,17H,6-7,9-10H2,1-3H3. The maximum absolute atomic E-state index is 9.47. The second-order valence-corrected chi connectivity index (χ2v) is 5.68. The lowest BCUT2D eigenvalue weighted by molar-refractivity contribution is 0.204. The molecule has 1 aromatic rings. The minimum atomic E-state index is 0.0519. The van der Waals surface area contributed by atoms with Crippen molar-refractivity contribution in [2.75, 3.05) is 31.7 Å². The first-order valence-corrected chi connectivity index (χ1v) is 7.01. The molecule has 0 aliphatic heterocycles. The van der Waals surface area contributed by atoms with E-state index in [0.717, 1.165) is 28.8 Å². The zero-order valence-corrected chi connectivity index (χ0v) is 12.9. The molecule has 0 radical (unpaired) electrons. The maximum Gasteiger partial charge on any atom is 0.0702 e. The smallest absolute Gasteiger partial charge is 0.0702 e. The van der Waals surface area contributed by atoms with Crippen LogP contribution in [0.4, 0.5) is 5.69 Å². The van der Waals surface area contributed by atoms with Crippen LogP contribution in [0.15, 0.2) is 22.7 Å². The highest BCUT2D eigenvalue weighted by atomic mass is 79.9. The Kier molecular flexibility index (Phi) is 6.68. The van der Waals surface area contributed by atoms with E-state index in [2.05, 4.69) is 34.7 Å². The van der Waals surface area contributed by atoms with Crippen LogP contribution in [0.5, 0.6) is 0 Å². The third-order valence-electron chi connectivity index (χ3n) is 2.70. The van der Waals surface area contributed by atoms with Crippen molar-refractivity contribution in [2.24, 2.45) is 5.92 Å². The van der Waals surface area contributed by atoms with Gasteiger partial charge in [0.25, 0.3) is 0 Å². The molecule has 1 rings (SSSR count). The van der Waals surface area contributed by atoms with E-state index < -0.39 is 0 Å². The molecule has 0 spiro atoms. The quantitative estimate of drug-likeness (QED) is 0.839. The van der Waals surface area contributed by atoms with Gasteiger partial charge in [0.15, 0.2) is 0 Å². The van der Waals surface area contributed by atoms with Crippen molar-refractivity contribution < 1.29 is 9.84 Å². The van der Waals surface area contributed by atoms with Gasteiger partial charge in [-0.3, -0.25) is 0 Å². The molecule has 0 aliphatic carbocycles. The number of rotatable bonds is 7. The summed E-state index contributed by atoms with van der Waals surface area (Å²) < 4.78 is 6.15. The molecule has 0 fully saturated rings. The fraction of sp³-hybridized carbons (Fsp3) is 0.571. The topological polar surface area (TPSA) is 32.7 Å². The molecule has 0 heterocycles. The molecule has 4 heteroatoms. The van der Waals surface area contributed by atoms with E-state index in [-0.39, 0.29) is 6.61 Å². The van der Waals surface area contributed by atoms with Gasteiger partial charge in [-0.25, -0.2) is 0 Å². The Morgan fingerprint density at radius 3 is 2.67 bits per heavy atom. The molecule has 0 saturated carbocycles. The molecule has 0 bridgehead atoms. The minimum absolute atomic E-state index is 0.0519. The molecule has 0 aromatic heterocycles. The molecule has 102 valence electrons. The first kappa shape index (κ1) is 15.5. The van der Waals surface area contributed by atoms with Crippen LogP contribution >= 0.6 is 15.9 Å². The molecule has 1 aromatic carbocycles. The first-order valence-electron chi connectivity index (χ1n) is 6.21. The SMILES string of the molecule is COCCN(CC(C)C)c1ccc(Br)cc1CO. The second-order valence-electron chi connectivity index (χ2n) is 4.76. The van der Waals surface area contributed by atoms with Crippen LogP contribution < -0.4 is 4.90 Å². The third-order valence-corrected chi connectivity index (χ3v) is 3.20. The fourth-order valence-corrected chi connectivity index (χ4v) is 2.35. The van der Waals surface area contributed by atoms with Gasteiger partial charge in [-0.05, 0) is 24.1 Å². The Bertz CT molecular complexity index is 369. The number of aliphatic hydroxyl groups is 1. The molecular formula is C14H22BrNO2. The average molecular weight is 316 g/mol. The summed E-state index contributed by atoms with van der Waals surface area (Å²) in [6, 6.07) is 6.03. The van der Waals surface area contributed by atoms with Gasteiger partial charge in [0.2, 0.25) is 0 Å². The maximum atomic E-state index is 9.47. The molecule has 0 aliphatic rings. The largest absolute Gasteiger partial charge is 0.392 e. The number of hydrogen-bond acceptors (Lipinski definition) is 3. The predicted octanol–water partition coefficient (Wildman–Crippen LogP) is 3.05. The van der Waals surface area contributed by atoms with Crippen molar-refractivity contribution in [3.63, 3.8) is 0 Å². The van der Waals surface area contributed by atoms with Gasteiger partial charge >= 0.3 is 0 Å². The highest BCUT2D eigenvalue weighted by Crippen LogP contribution is 2.25. The van der Waals surface area contributed by atoms with E-state index in [9.17, 15) is 5.11 Å². The summed E-state index contributed by atoms with van der Waals surface area (Å²) >= 11 is 3.44. The van der Waals surface area contributed by atoms with Gasteiger partial charge in [0.05, 0.1) is 13.2 Å². The zero-order valence-electron chi connectivity index (χ0n) is 11.3. The van der Waals surface area contributed by atoms with Crippen LogP contribution in [-0.4, -0.2) is 31.9 Å². The summed E-state index contributed by atoms with van der Waals surface area (Å²) in [4.78, 5) is 2.27. The van der Waals surface area contributed by atoms with Crippen molar-refractivity contribution in [1.82, 2.24) is 0 Å². The summed E-state index contributed by atoms with van der Waals surface area (Å²) in [5.41, 5.74) is 2.03. The molecular weight excluding hydrogens is 294 g/mol. The lowest BCUT2D eigenvalue weighted by Crippen LogP contribution is -2.31. The van der Waals surface area contributed by atoms with Gasteiger partial charge in [-0.1, -0.05) is 29.8 Å². The van der Waals surface area contributed by atoms with Crippen molar-refractivity contribution in [3.05, 3.63) is 28.2 Å². The van der Waals surface area contributed by atoms with E-state index in [4.69, 9.17) is 4.74 Å². The molecule has 0 atom stereocenters. The van der Waals surface area contributed by atoms with Gasteiger partial charge in [0, 0.05) is 35.9 Å². The zero-order chi connectivity index (χ0) is 13.5. The highest BCUT2D eigenvalue weighted by molar-refractivity contribution is 9.10. The Balaban J connectivity index is 2.95. The summed E-state index contributed by atoms with van der Waals surface area (Å²) in [6.07, 6.45) is 0.